The van der Waals surface area contributed by atoms with Crippen LogP contribution in [0.3, 0.4) is 0 Å². The van der Waals surface area contributed by atoms with Crippen LogP contribution in [-0.2, 0) is 0 Å². The second-order valence-electron chi connectivity index (χ2n) is 5.70. The Morgan fingerprint density at radius 2 is 2.14 bits per heavy atom. The first-order valence-corrected chi connectivity index (χ1v) is 8.49. The second kappa shape index (κ2) is 7.87. The van der Waals surface area contributed by atoms with Crippen LogP contribution in [0.5, 0.6) is 0 Å². The molecule has 1 N–H and O–H groups in total. The summed E-state index contributed by atoms with van der Waals surface area (Å²) in [6.07, 6.45) is 2.41. The molecule has 1 aromatic carbocycles. The molecule has 6 nitrogen and oxygen atoms in total. The first kappa shape index (κ1) is 17.1. The summed E-state index contributed by atoms with van der Waals surface area (Å²) in [5.74, 6) is 0.538. The molecule has 1 aliphatic rings. The molecule has 0 saturated carbocycles. The number of nitrogens with zero attached hydrogens (tertiary/aromatic N) is 2. The van der Waals surface area contributed by atoms with E-state index in [-0.39, 0.29) is 11.6 Å². The minimum absolute atomic E-state index is 0.0596. The standard InChI is InChI=1S/C15H20IN3O3/c1-11-4-7-18(8-5-11)9-6-17-15(20)13-10-12(19(21)22)2-3-14(13)16/h2-3,10-11H,4-9H2,1H3,(H,17,20). The zero-order valence-corrected chi connectivity index (χ0v) is 14.7. The van der Waals surface area contributed by atoms with E-state index in [4.69, 9.17) is 0 Å². The molecule has 1 aliphatic heterocycles. The molecule has 7 heteroatoms. The average molecular weight is 417 g/mol. The van der Waals surface area contributed by atoms with E-state index in [1.54, 1.807) is 6.07 Å². The fourth-order valence-electron chi connectivity index (χ4n) is 2.51. The second-order valence-corrected chi connectivity index (χ2v) is 6.86. The van der Waals surface area contributed by atoms with Crippen molar-refractivity contribution >= 4 is 34.2 Å². The number of amides is 1. The van der Waals surface area contributed by atoms with E-state index in [9.17, 15) is 14.9 Å². The van der Waals surface area contributed by atoms with Crippen LogP contribution < -0.4 is 5.32 Å². The Kier molecular flexibility index (Phi) is 6.13. The average Bonchev–Trinajstić information content (AvgIpc) is 2.49. The summed E-state index contributed by atoms with van der Waals surface area (Å²) in [4.78, 5) is 24.8. The number of likely N-dealkylation sites (tertiary alicyclic amines) is 1. The van der Waals surface area contributed by atoms with E-state index in [0.717, 1.165) is 25.6 Å². The van der Waals surface area contributed by atoms with Gasteiger partial charge < -0.3 is 10.2 Å². The van der Waals surface area contributed by atoms with Crippen LogP contribution in [0.25, 0.3) is 0 Å². The molecule has 2 rings (SSSR count). The Hall–Kier alpha value is -1.22. The summed E-state index contributed by atoms with van der Waals surface area (Å²) in [7, 11) is 0. The number of nitro groups is 1. The molecule has 1 saturated heterocycles. The van der Waals surface area contributed by atoms with Gasteiger partial charge in [-0.3, -0.25) is 14.9 Å². The van der Waals surface area contributed by atoms with Crippen molar-refractivity contribution in [1.29, 1.82) is 0 Å². The molecule has 0 bridgehead atoms. The monoisotopic (exact) mass is 417 g/mol. The van der Waals surface area contributed by atoms with E-state index < -0.39 is 4.92 Å². The van der Waals surface area contributed by atoms with Crippen molar-refractivity contribution in [1.82, 2.24) is 10.2 Å². The van der Waals surface area contributed by atoms with Crippen LogP contribution in [0.15, 0.2) is 18.2 Å². The minimum Gasteiger partial charge on any atom is -0.351 e. The van der Waals surface area contributed by atoms with Crippen LogP contribution in [0.4, 0.5) is 5.69 Å². The smallest absolute Gasteiger partial charge is 0.270 e. The Balaban J connectivity index is 1.87. The van der Waals surface area contributed by atoms with Gasteiger partial charge in [-0.25, -0.2) is 0 Å². The van der Waals surface area contributed by atoms with Gasteiger partial charge >= 0.3 is 0 Å². The summed E-state index contributed by atoms with van der Waals surface area (Å²) >= 11 is 2.02. The number of nitro benzene ring substituents is 1. The highest BCUT2D eigenvalue weighted by Crippen LogP contribution is 2.19. The molecule has 0 atom stereocenters. The number of halogens is 1. The number of rotatable bonds is 5. The number of benzene rings is 1. The first-order valence-electron chi connectivity index (χ1n) is 7.42. The number of hydrogen-bond acceptors (Lipinski definition) is 4. The predicted octanol–water partition coefficient (Wildman–Crippen LogP) is 2.66. The quantitative estimate of drug-likeness (QED) is 0.454. The van der Waals surface area contributed by atoms with Crippen LogP contribution in [0, 0.1) is 19.6 Å². The fraction of sp³-hybridized carbons (Fsp3) is 0.533. The number of carbonyl (C=O) groups is 1. The van der Waals surface area contributed by atoms with Crippen molar-refractivity contribution in [2.24, 2.45) is 5.92 Å². The highest BCUT2D eigenvalue weighted by atomic mass is 127. The van der Waals surface area contributed by atoms with E-state index in [1.807, 2.05) is 22.6 Å². The SMILES string of the molecule is CC1CCN(CCNC(=O)c2cc([N+](=O)[O-])ccc2I)CC1. The number of carbonyl (C=O) groups excluding carboxylic acids is 1. The molecule has 0 radical (unpaired) electrons. The van der Waals surface area contributed by atoms with E-state index in [2.05, 4.69) is 17.1 Å². The summed E-state index contributed by atoms with van der Waals surface area (Å²) < 4.78 is 0.715. The fourth-order valence-corrected chi connectivity index (χ4v) is 3.09. The molecular weight excluding hydrogens is 397 g/mol. The van der Waals surface area contributed by atoms with Crippen molar-refractivity contribution in [3.63, 3.8) is 0 Å². The molecule has 1 heterocycles. The van der Waals surface area contributed by atoms with Crippen LogP contribution in [0.1, 0.15) is 30.1 Å². The molecule has 1 aromatic rings. The molecule has 1 amide bonds. The topological polar surface area (TPSA) is 75.5 Å². The van der Waals surface area contributed by atoms with Gasteiger partial charge in [0, 0.05) is 28.8 Å². The zero-order chi connectivity index (χ0) is 16.1. The number of hydrogen-bond donors (Lipinski definition) is 1. The van der Waals surface area contributed by atoms with Gasteiger partial charge in [0.15, 0.2) is 0 Å². The van der Waals surface area contributed by atoms with Crippen molar-refractivity contribution in [2.45, 2.75) is 19.8 Å². The Morgan fingerprint density at radius 3 is 2.77 bits per heavy atom. The van der Waals surface area contributed by atoms with Crippen LogP contribution in [-0.4, -0.2) is 41.9 Å². The van der Waals surface area contributed by atoms with E-state index in [1.165, 1.54) is 25.0 Å². The maximum Gasteiger partial charge on any atom is 0.270 e. The summed E-state index contributed by atoms with van der Waals surface area (Å²) in [5.41, 5.74) is 0.303. The van der Waals surface area contributed by atoms with E-state index in [0.29, 0.717) is 15.7 Å². The molecule has 0 aromatic heterocycles. The third-order valence-corrected chi connectivity index (χ3v) is 4.94. The summed E-state index contributed by atoms with van der Waals surface area (Å²) in [6.45, 7) is 5.80. The number of piperidine rings is 1. The zero-order valence-electron chi connectivity index (χ0n) is 12.5. The summed E-state index contributed by atoms with van der Waals surface area (Å²) in [5, 5.41) is 13.7. The minimum atomic E-state index is -0.484. The molecule has 0 spiro atoms. The van der Waals surface area contributed by atoms with Gasteiger partial charge in [-0.05, 0) is 60.5 Å². The van der Waals surface area contributed by atoms with Gasteiger partial charge in [-0.1, -0.05) is 6.92 Å². The molecular formula is C15H20IN3O3. The van der Waals surface area contributed by atoms with Gasteiger partial charge in [0.1, 0.15) is 0 Å². The van der Waals surface area contributed by atoms with Crippen LogP contribution in [0.2, 0.25) is 0 Å². The lowest BCUT2D eigenvalue weighted by Gasteiger charge is -2.30. The normalized spacial score (nSPS) is 16.5. The van der Waals surface area contributed by atoms with Crippen molar-refractivity contribution < 1.29 is 9.72 Å². The highest BCUT2D eigenvalue weighted by Gasteiger charge is 2.17. The lowest BCUT2D eigenvalue weighted by Crippen LogP contribution is -2.39. The Bertz CT molecular complexity index is 557. The maximum absolute atomic E-state index is 12.2. The third-order valence-electron chi connectivity index (χ3n) is 4.00. The van der Waals surface area contributed by atoms with E-state index >= 15 is 0 Å². The molecule has 22 heavy (non-hydrogen) atoms. The molecule has 120 valence electrons. The molecule has 0 aliphatic carbocycles. The number of nitrogens with one attached hydrogen (secondary N) is 1. The summed E-state index contributed by atoms with van der Waals surface area (Å²) in [6, 6.07) is 4.34. The van der Waals surface area contributed by atoms with Gasteiger partial charge in [0.25, 0.3) is 11.6 Å². The molecule has 1 fully saturated rings. The molecule has 0 unspecified atom stereocenters. The van der Waals surface area contributed by atoms with Gasteiger partial charge in [0.05, 0.1) is 10.5 Å². The van der Waals surface area contributed by atoms with Crippen molar-refractivity contribution in [3.05, 3.63) is 37.4 Å². The predicted molar refractivity (Wildman–Crippen MR) is 93.0 cm³/mol. The first-order chi connectivity index (χ1) is 10.5. The maximum atomic E-state index is 12.2. The van der Waals surface area contributed by atoms with Gasteiger partial charge in [-0.2, -0.15) is 0 Å². The number of non-ortho nitro benzene ring substituents is 1. The van der Waals surface area contributed by atoms with Crippen molar-refractivity contribution in [2.75, 3.05) is 26.2 Å². The highest BCUT2D eigenvalue weighted by molar-refractivity contribution is 14.1. The third kappa shape index (κ3) is 4.64. The Labute approximate surface area is 143 Å². The van der Waals surface area contributed by atoms with Crippen molar-refractivity contribution in [3.8, 4) is 0 Å². The largest absolute Gasteiger partial charge is 0.351 e. The lowest BCUT2D eigenvalue weighted by molar-refractivity contribution is -0.384. The van der Waals surface area contributed by atoms with Gasteiger partial charge in [-0.15, -0.1) is 0 Å². The van der Waals surface area contributed by atoms with Gasteiger partial charge in [0.2, 0.25) is 0 Å². The lowest BCUT2D eigenvalue weighted by atomic mass is 9.99. The van der Waals surface area contributed by atoms with Crippen LogP contribution >= 0.6 is 22.6 Å². The Morgan fingerprint density at radius 1 is 1.45 bits per heavy atom.